The third-order valence-electron chi connectivity index (χ3n) is 4.60. The molecule has 0 fully saturated rings. The fraction of sp³-hybridized carbons (Fsp3) is 0.381. The van der Waals surface area contributed by atoms with Crippen molar-refractivity contribution < 1.29 is 33.6 Å². The minimum Gasteiger partial charge on any atom is -0.489 e. The summed E-state index contributed by atoms with van der Waals surface area (Å²) in [6.07, 6.45) is 0.602. The van der Waals surface area contributed by atoms with E-state index in [9.17, 15) is 14.7 Å². The Balaban J connectivity index is 2.81. The molecule has 0 bridgehead atoms. The summed E-state index contributed by atoms with van der Waals surface area (Å²) in [4.78, 5) is 29.3. The quantitative estimate of drug-likeness (QED) is 0.384. The van der Waals surface area contributed by atoms with Crippen LogP contribution in [-0.4, -0.2) is 57.0 Å². The molecule has 2 rings (SSSR count). The zero-order valence-electron chi connectivity index (χ0n) is 16.9. The van der Waals surface area contributed by atoms with Crippen LogP contribution in [0.2, 0.25) is 0 Å². The molecule has 1 aromatic rings. The molecular formula is C21H25NO7. The van der Waals surface area contributed by atoms with Crippen LogP contribution >= 0.6 is 0 Å². The number of carbonyl (C=O) groups excluding carboxylic acids is 1. The average molecular weight is 403 g/mol. The van der Waals surface area contributed by atoms with Crippen molar-refractivity contribution in [2.24, 2.45) is 10.9 Å². The predicted octanol–water partition coefficient (Wildman–Crippen LogP) is 2.56. The van der Waals surface area contributed by atoms with Gasteiger partial charge in [0.25, 0.3) is 0 Å². The lowest BCUT2D eigenvalue weighted by Crippen LogP contribution is -2.38. The molecule has 0 amide bonds. The SMILES string of the molecule is C=CCOc1ccccc1C1C(C(=O)OC)=C(C(OC)OC)N=C(C)C1C(=O)O. The summed E-state index contributed by atoms with van der Waals surface area (Å²) in [6.45, 7) is 5.44. The highest BCUT2D eigenvalue weighted by atomic mass is 16.7. The van der Waals surface area contributed by atoms with Crippen LogP contribution in [0.5, 0.6) is 5.75 Å². The van der Waals surface area contributed by atoms with Gasteiger partial charge in [-0.15, -0.1) is 0 Å². The number of aliphatic carboxylic acids is 1. The number of esters is 1. The Hall–Kier alpha value is -2.97. The van der Waals surface area contributed by atoms with Crippen molar-refractivity contribution in [3.8, 4) is 5.75 Å². The van der Waals surface area contributed by atoms with Gasteiger partial charge in [0.05, 0.1) is 12.7 Å². The fourth-order valence-electron chi connectivity index (χ4n) is 3.40. The van der Waals surface area contributed by atoms with E-state index in [1.165, 1.54) is 21.3 Å². The van der Waals surface area contributed by atoms with E-state index >= 15 is 0 Å². The van der Waals surface area contributed by atoms with Crippen molar-refractivity contribution in [1.29, 1.82) is 0 Å². The number of rotatable bonds is 9. The Labute approximate surface area is 169 Å². The largest absolute Gasteiger partial charge is 0.489 e. The number of hydrogen-bond donors (Lipinski definition) is 1. The smallest absolute Gasteiger partial charge is 0.336 e. The number of hydrogen-bond acceptors (Lipinski definition) is 7. The van der Waals surface area contributed by atoms with E-state index in [4.69, 9.17) is 18.9 Å². The minimum atomic E-state index is -1.12. The Morgan fingerprint density at radius 1 is 1.24 bits per heavy atom. The zero-order chi connectivity index (χ0) is 21.6. The number of ether oxygens (including phenoxy) is 4. The second-order valence-corrected chi connectivity index (χ2v) is 6.28. The molecule has 1 aliphatic rings. The summed E-state index contributed by atoms with van der Waals surface area (Å²) in [5.41, 5.74) is 1.04. The number of methoxy groups -OCH3 is 3. The van der Waals surface area contributed by atoms with Crippen LogP contribution in [0.4, 0.5) is 0 Å². The van der Waals surface area contributed by atoms with Gasteiger partial charge < -0.3 is 24.1 Å². The lowest BCUT2D eigenvalue weighted by atomic mass is 9.75. The molecule has 156 valence electrons. The summed E-state index contributed by atoms with van der Waals surface area (Å²) < 4.78 is 21.3. The molecule has 1 heterocycles. The van der Waals surface area contributed by atoms with Crippen LogP contribution in [-0.2, 0) is 23.8 Å². The molecule has 29 heavy (non-hydrogen) atoms. The van der Waals surface area contributed by atoms with Crippen molar-refractivity contribution in [2.75, 3.05) is 27.9 Å². The highest BCUT2D eigenvalue weighted by Gasteiger charge is 2.45. The Morgan fingerprint density at radius 2 is 1.90 bits per heavy atom. The molecule has 1 aromatic carbocycles. The van der Waals surface area contributed by atoms with Crippen molar-refractivity contribution in [2.45, 2.75) is 19.1 Å². The first-order valence-electron chi connectivity index (χ1n) is 8.89. The van der Waals surface area contributed by atoms with Gasteiger partial charge in [0.15, 0.2) is 0 Å². The molecule has 8 nitrogen and oxygen atoms in total. The Bertz CT molecular complexity index is 839. The highest BCUT2D eigenvalue weighted by molar-refractivity contribution is 6.06. The van der Waals surface area contributed by atoms with Gasteiger partial charge in [-0.1, -0.05) is 30.9 Å². The van der Waals surface area contributed by atoms with Crippen molar-refractivity contribution in [3.63, 3.8) is 0 Å². The number of carbonyl (C=O) groups is 2. The van der Waals surface area contributed by atoms with E-state index in [0.29, 0.717) is 17.0 Å². The first-order chi connectivity index (χ1) is 13.9. The monoisotopic (exact) mass is 403 g/mol. The lowest BCUT2D eigenvalue weighted by Gasteiger charge is -2.33. The molecule has 0 saturated heterocycles. The van der Waals surface area contributed by atoms with Crippen LogP contribution in [0.1, 0.15) is 18.4 Å². The number of aliphatic imine (C=N–C) groups is 1. The fourth-order valence-corrected chi connectivity index (χ4v) is 3.40. The maximum absolute atomic E-state index is 12.8. The topological polar surface area (TPSA) is 104 Å². The number of para-hydroxylation sites is 1. The van der Waals surface area contributed by atoms with E-state index in [2.05, 4.69) is 11.6 Å². The summed E-state index contributed by atoms with van der Waals surface area (Å²) >= 11 is 0. The molecule has 0 aliphatic carbocycles. The van der Waals surface area contributed by atoms with Crippen molar-refractivity contribution >= 4 is 17.7 Å². The van der Waals surface area contributed by atoms with Crippen LogP contribution in [0, 0.1) is 5.92 Å². The predicted molar refractivity (Wildman–Crippen MR) is 106 cm³/mol. The van der Waals surface area contributed by atoms with Gasteiger partial charge in [0, 0.05) is 31.4 Å². The van der Waals surface area contributed by atoms with Gasteiger partial charge in [-0.3, -0.25) is 9.79 Å². The first-order valence-corrected chi connectivity index (χ1v) is 8.89. The summed E-state index contributed by atoms with van der Waals surface area (Å²) in [6, 6.07) is 6.93. The number of carboxylic acids is 1. The van der Waals surface area contributed by atoms with E-state index in [1.54, 1.807) is 37.3 Å². The van der Waals surface area contributed by atoms with Gasteiger partial charge in [-0.05, 0) is 13.0 Å². The van der Waals surface area contributed by atoms with E-state index in [0.717, 1.165) is 0 Å². The first kappa shape index (κ1) is 22.3. The Morgan fingerprint density at radius 3 is 2.45 bits per heavy atom. The second-order valence-electron chi connectivity index (χ2n) is 6.28. The maximum Gasteiger partial charge on any atom is 0.336 e. The van der Waals surface area contributed by atoms with Gasteiger partial charge in [0.1, 0.15) is 24.0 Å². The molecular weight excluding hydrogens is 378 g/mol. The number of nitrogens with zero attached hydrogens (tertiary/aromatic N) is 1. The van der Waals surface area contributed by atoms with Gasteiger partial charge in [-0.25, -0.2) is 4.79 Å². The van der Waals surface area contributed by atoms with Crippen LogP contribution in [0.15, 0.2) is 53.2 Å². The summed E-state index contributed by atoms with van der Waals surface area (Å²) in [7, 11) is 4.03. The van der Waals surface area contributed by atoms with E-state index < -0.39 is 30.1 Å². The molecule has 1 N–H and O–H groups in total. The molecule has 0 aromatic heterocycles. The zero-order valence-corrected chi connectivity index (χ0v) is 16.9. The van der Waals surface area contributed by atoms with Crippen molar-refractivity contribution in [1.82, 2.24) is 0 Å². The number of carboxylic acid groups (broad SMARTS) is 1. The number of benzene rings is 1. The third kappa shape index (κ3) is 4.55. The molecule has 0 saturated carbocycles. The molecule has 1 aliphatic heterocycles. The summed E-state index contributed by atoms with van der Waals surface area (Å²) in [5, 5.41) is 9.94. The third-order valence-corrected chi connectivity index (χ3v) is 4.60. The molecule has 2 atom stereocenters. The van der Waals surface area contributed by atoms with Crippen LogP contribution in [0.25, 0.3) is 0 Å². The van der Waals surface area contributed by atoms with Gasteiger partial charge >= 0.3 is 11.9 Å². The standard InChI is InChI=1S/C21H25NO7/c1-6-11-29-14-10-8-7-9-13(14)16-15(19(23)24)12(2)22-18(21(27-4)28-5)17(16)20(25)26-3/h6-10,15-16,21H,1,11H2,2-5H3,(H,23,24). The van der Waals surface area contributed by atoms with E-state index in [-0.39, 0.29) is 17.9 Å². The van der Waals surface area contributed by atoms with Gasteiger partial charge in [-0.2, -0.15) is 0 Å². The normalized spacial score (nSPS) is 19.0. The minimum absolute atomic E-state index is 0.0499. The summed E-state index contributed by atoms with van der Waals surface area (Å²) in [5.74, 6) is -3.42. The van der Waals surface area contributed by atoms with Crippen molar-refractivity contribution in [3.05, 3.63) is 53.8 Å². The lowest BCUT2D eigenvalue weighted by molar-refractivity contribution is -0.140. The highest BCUT2D eigenvalue weighted by Crippen LogP contribution is 2.44. The Kier molecular flexibility index (Phi) is 7.69. The van der Waals surface area contributed by atoms with Crippen LogP contribution < -0.4 is 4.74 Å². The average Bonchev–Trinajstić information content (AvgIpc) is 2.72. The van der Waals surface area contributed by atoms with E-state index in [1.807, 2.05) is 0 Å². The maximum atomic E-state index is 12.8. The molecule has 0 radical (unpaired) electrons. The van der Waals surface area contributed by atoms with Crippen LogP contribution in [0.3, 0.4) is 0 Å². The second kappa shape index (κ2) is 9.99. The molecule has 2 unspecified atom stereocenters. The molecule has 8 heteroatoms. The molecule has 0 spiro atoms. The van der Waals surface area contributed by atoms with Gasteiger partial charge in [0.2, 0.25) is 6.29 Å².